The van der Waals surface area contributed by atoms with Gasteiger partial charge in [-0.3, -0.25) is 4.90 Å². The second-order valence-corrected chi connectivity index (χ2v) is 7.29. The quantitative estimate of drug-likeness (QED) is 0.908. The molecule has 6 nitrogen and oxygen atoms in total. The predicted octanol–water partition coefficient (Wildman–Crippen LogP) is 2.25. The van der Waals surface area contributed by atoms with E-state index in [-0.39, 0.29) is 6.03 Å². The van der Waals surface area contributed by atoms with Crippen LogP contribution in [0.25, 0.3) is 0 Å². The highest BCUT2D eigenvalue weighted by Gasteiger charge is 2.28. The zero-order valence-electron chi connectivity index (χ0n) is 15.6. The maximum Gasteiger partial charge on any atom is 0.321 e. The molecule has 1 N–H and O–H groups in total. The maximum atomic E-state index is 12.7. The smallest absolute Gasteiger partial charge is 0.321 e. The molecule has 0 saturated carbocycles. The summed E-state index contributed by atoms with van der Waals surface area (Å²) in [6.45, 7) is 8.50. The summed E-state index contributed by atoms with van der Waals surface area (Å²) in [4.78, 5) is 19.1. The number of benzene rings is 1. The molecule has 6 heteroatoms. The lowest BCUT2D eigenvalue weighted by atomic mass is 10.1. The molecule has 138 valence electrons. The summed E-state index contributed by atoms with van der Waals surface area (Å²) in [5.74, 6) is 0.568. The Balaban J connectivity index is 1.55. The summed E-state index contributed by atoms with van der Waals surface area (Å²) in [5, 5.41) is 3.10. The molecule has 2 aliphatic heterocycles. The number of carbonyl (C=O) groups excluding carboxylic acids is 1. The number of morpholine rings is 1. The molecule has 2 aliphatic rings. The number of carbonyl (C=O) groups is 1. The molecule has 0 spiro atoms. The van der Waals surface area contributed by atoms with Crippen LogP contribution < -0.4 is 10.2 Å². The van der Waals surface area contributed by atoms with Gasteiger partial charge in [-0.1, -0.05) is 6.07 Å². The maximum absolute atomic E-state index is 12.7. The molecular weight excluding hydrogens is 316 g/mol. The van der Waals surface area contributed by atoms with Crippen molar-refractivity contribution in [2.75, 3.05) is 70.2 Å². The van der Waals surface area contributed by atoms with Crippen LogP contribution in [0, 0.1) is 12.8 Å². The van der Waals surface area contributed by atoms with Crippen LogP contribution in [0.5, 0.6) is 0 Å². The number of nitrogens with zero attached hydrogens (tertiary/aromatic N) is 3. The average molecular weight is 346 g/mol. The summed E-state index contributed by atoms with van der Waals surface area (Å²) in [6.07, 6.45) is 1.08. The third-order valence-electron chi connectivity index (χ3n) is 5.22. The largest absolute Gasteiger partial charge is 0.379 e. The van der Waals surface area contributed by atoms with Gasteiger partial charge < -0.3 is 19.9 Å². The summed E-state index contributed by atoms with van der Waals surface area (Å²) in [5.41, 5.74) is 3.13. The van der Waals surface area contributed by atoms with Gasteiger partial charge in [0.15, 0.2) is 0 Å². The van der Waals surface area contributed by atoms with E-state index in [1.807, 2.05) is 31.1 Å². The Bertz CT molecular complexity index is 599. The predicted molar refractivity (Wildman–Crippen MR) is 101 cm³/mol. The van der Waals surface area contributed by atoms with E-state index in [9.17, 15) is 4.79 Å². The number of ether oxygens (including phenoxy) is 1. The number of urea groups is 1. The van der Waals surface area contributed by atoms with Crippen LogP contribution in [0.2, 0.25) is 0 Å². The fraction of sp³-hybridized carbons (Fsp3) is 0.632. The number of amides is 2. The molecule has 2 saturated heterocycles. The minimum Gasteiger partial charge on any atom is -0.379 e. The lowest BCUT2D eigenvalue weighted by Crippen LogP contribution is -2.40. The van der Waals surface area contributed by atoms with E-state index in [0.717, 1.165) is 69.3 Å². The third-order valence-corrected chi connectivity index (χ3v) is 5.22. The summed E-state index contributed by atoms with van der Waals surface area (Å²) in [7, 11) is 4.04. The van der Waals surface area contributed by atoms with Gasteiger partial charge in [0.1, 0.15) is 0 Å². The van der Waals surface area contributed by atoms with Crippen LogP contribution in [-0.4, -0.2) is 75.9 Å². The molecule has 1 atom stereocenters. The second-order valence-electron chi connectivity index (χ2n) is 7.29. The van der Waals surface area contributed by atoms with Crippen molar-refractivity contribution in [1.29, 1.82) is 0 Å². The lowest BCUT2D eigenvalue weighted by molar-refractivity contribution is 0.0314. The van der Waals surface area contributed by atoms with Gasteiger partial charge in [0.05, 0.1) is 13.2 Å². The lowest BCUT2D eigenvalue weighted by Gasteiger charge is -2.29. The minimum absolute atomic E-state index is 0.0171. The fourth-order valence-electron chi connectivity index (χ4n) is 3.75. The van der Waals surface area contributed by atoms with Crippen LogP contribution in [0.15, 0.2) is 18.2 Å². The topological polar surface area (TPSA) is 48.1 Å². The van der Waals surface area contributed by atoms with Gasteiger partial charge in [0, 0.05) is 58.2 Å². The number of nitrogens with one attached hydrogen (secondary N) is 1. The first-order valence-corrected chi connectivity index (χ1v) is 9.17. The molecule has 1 aromatic carbocycles. The molecule has 0 aromatic heterocycles. The fourth-order valence-corrected chi connectivity index (χ4v) is 3.75. The summed E-state index contributed by atoms with van der Waals surface area (Å²) in [6, 6.07) is 6.05. The zero-order chi connectivity index (χ0) is 17.8. The SMILES string of the molecule is Cc1c(NC(=O)N2CC[C@@H](CN3CCOCC3)C2)cccc1N(C)C. The van der Waals surface area contributed by atoms with E-state index >= 15 is 0 Å². The zero-order valence-corrected chi connectivity index (χ0v) is 15.6. The van der Waals surface area contributed by atoms with Crippen LogP contribution in [-0.2, 0) is 4.74 Å². The van der Waals surface area contributed by atoms with Gasteiger partial charge in [-0.2, -0.15) is 0 Å². The molecule has 0 radical (unpaired) electrons. The third kappa shape index (κ3) is 4.44. The van der Waals surface area contributed by atoms with Gasteiger partial charge in [-0.25, -0.2) is 4.79 Å². The molecule has 2 fully saturated rings. The van der Waals surface area contributed by atoms with Crippen molar-refractivity contribution in [2.45, 2.75) is 13.3 Å². The van der Waals surface area contributed by atoms with Crippen LogP contribution in [0.1, 0.15) is 12.0 Å². The standard InChI is InChI=1S/C19H30N4O2/c1-15-17(5-4-6-18(15)21(2)3)20-19(24)23-8-7-16(14-23)13-22-9-11-25-12-10-22/h4-6,16H,7-14H2,1-3H3,(H,20,24)/t16-/m0/s1. The van der Waals surface area contributed by atoms with Crippen molar-refractivity contribution in [3.63, 3.8) is 0 Å². The molecule has 0 bridgehead atoms. The second kappa shape index (κ2) is 8.06. The highest BCUT2D eigenvalue weighted by Crippen LogP contribution is 2.26. The molecule has 0 aliphatic carbocycles. The number of likely N-dealkylation sites (tertiary alicyclic amines) is 1. The first-order valence-electron chi connectivity index (χ1n) is 9.17. The first kappa shape index (κ1) is 18.0. The van der Waals surface area contributed by atoms with Crippen LogP contribution in [0.3, 0.4) is 0 Å². The molecule has 1 aromatic rings. The van der Waals surface area contributed by atoms with Crippen LogP contribution >= 0.6 is 0 Å². The Kier molecular flexibility index (Phi) is 5.81. The number of anilines is 2. The normalized spacial score (nSPS) is 21.4. The van der Waals surface area contributed by atoms with Crippen LogP contribution in [0.4, 0.5) is 16.2 Å². The highest BCUT2D eigenvalue weighted by atomic mass is 16.5. The first-order chi connectivity index (χ1) is 12.0. The van der Waals surface area contributed by atoms with Gasteiger partial charge >= 0.3 is 6.03 Å². The van der Waals surface area contributed by atoms with E-state index in [4.69, 9.17) is 4.74 Å². The Morgan fingerprint density at radius 3 is 2.76 bits per heavy atom. The molecule has 3 rings (SSSR count). The van der Waals surface area contributed by atoms with Gasteiger partial charge in [-0.15, -0.1) is 0 Å². The highest BCUT2D eigenvalue weighted by molar-refractivity contribution is 5.91. The van der Waals surface area contributed by atoms with Gasteiger partial charge in [-0.05, 0) is 37.0 Å². The molecule has 25 heavy (non-hydrogen) atoms. The van der Waals surface area contributed by atoms with Gasteiger partial charge in [0.2, 0.25) is 0 Å². The van der Waals surface area contributed by atoms with Crippen molar-refractivity contribution >= 4 is 17.4 Å². The number of hydrogen-bond acceptors (Lipinski definition) is 4. The van der Waals surface area contributed by atoms with Gasteiger partial charge in [0.25, 0.3) is 0 Å². The Hall–Kier alpha value is -1.79. The average Bonchev–Trinajstić information content (AvgIpc) is 3.06. The summed E-state index contributed by atoms with van der Waals surface area (Å²) < 4.78 is 5.41. The number of hydrogen-bond donors (Lipinski definition) is 1. The number of rotatable bonds is 4. The summed E-state index contributed by atoms with van der Waals surface area (Å²) >= 11 is 0. The van der Waals surface area contributed by atoms with E-state index < -0.39 is 0 Å². The Morgan fingerprint density at radius 1 is 1.28 bits per heavy atom. The van der Waals surface area contributed by atoms with E-state index in [1.54, 1.807) is 0 Å². The Labute approximate surface area is 150 Å². The van der Waals surface area contributed by atoms with E-state index in [2.05, 4.69) is 28.1 Å². The molecule has 2 amide bonds. The minimum atomic E-state index is 0.0171. The monoisotopic (exact) mass is 346 g/mol. The van der Waals surface area contributed by atoms with Crippen molar-refractivity contribution in [3.05, 3.63) is 23.8 Å². The van der Waals surface area contributed by atoms with Crippen molar-refractivity contribution in [1.82, 2.24) is 9.80 Å². The van der Waals surface area contributed by atoms with E-state index in [0.29, 0.717) is 5.92 Å². The molecule has 0 unspecified atom stereocenters. The van der Waals surface area contributed by atoms with Crippen molar-refractivity contribution in [3.8, 4) is 0 Å². The van der Waals surface area contributed by atoms with Crippen molar-refractivity contribution < 1.29 is 9.53 Å². The molecule has 2 heterocycles. The van der Waals surface area contributed by atoms with Crippen molar-refractivity contribution in [2.24, 2.45) is 5.92 Å². The Morgan fingerprint density at radius 2 is 2.04 bits per heavy atom. The molecular formula is C19H30N4O2. The van der Waals surface area contributed by atoms with E-state index in [1.165, 1.54) is 0 Å².